The Labute approximate surface area is 71.4 Å². The molecule has 0 aliphatic carbocycles. The summed E-state index contributed by atoms with van der Waals surface area (Å²) in [6.07, 6.45) is 0. The third-order valence-corrected chi connectivity index (χ3v) is 1.85. The van der Waals surface area contributed by atoms with Crippen LogP contribution >= 0.6 is 0 Å². The number of nitrogen functional groups attached to an aromatic ring is 1. The Kier molecular flexibility index (Phi) is 2.33. The molecule has 1 aromatic carbocycles. The van der Waals surface area contributed by atoms with Crippen LogP contribution in [0.15, 0.2) is 12.1 Å². The number of anilines is 1. The first-order valence-corrected chi connectivity index (χ1v) is 3.83. The number of rotatable bonds is 1. The van der Waals surface area contributed by atoms with Gasteiger partial charge in [0.25, 0.3) is 0 Å². The van der Waals surface area contributed by atoms with Gasteiger partial charge in [-0.3, -0.25) is 0 Å². The van der Waals surface area contributed by atoms with Crippen LogP contribution in [0, 0.1) is 12.7 Å². The third kappa shape index (κ3) is 1.56. The molecule has 0 spiro atoms. The van der Waals surface area contributed by atoms with Crippen molar-refractivity contribution in [3.05, 3.63) is 29.1 Å². The molecule has 1 unspecified atom stereocenters. The number of benzene rings is 1. The highest BCUT2D eigenvalue weighted by Crippen LogP contribution is 2.21. The highest BCUT2D eigenvalue weighted by atomic mass is 19.1. The van der Waals surface area contributed by atoms with Crippen LogP contribution in [0.3, 0.4) is 0 Å². The van der Waals surface area contributed by atoms with E-state index in [-0.39, 0.29) is 11.9 Å². The molecule has 1 atom stereocenters. The summed E-state index contributed by atoms with van der Waals surface area (Å²) in [5.41, 5.74) is 13.0. The van der Waals surface area contributed by atoms with E-state index in [4.69, 9.17) is 11.5 Å². The maximum absolute atomic E-state index is 12.9. The van der Waals surface area contributed by atoms with Crippen LogP contribution in [0.2, 0.25) is 0 Å². The molecule has 0 aromatic heterocycles. The molecule has 12 heavy (non-hydrogen) atoms. The average Bonchev–Trinajstić information content (AvgIpc) is 1.96. The van der Waals surface area contributed by atoms with Crippen LogP contribution in [0.25, 0.3) is 0 Å². The van der Waals surface area contributed by atoms with Crippen LogP contribution in [-0.4, -0.2) is 0 Å². The second-order valence-electron chi connectivity index (χ2n) is 3.02. The third-order valence-electron chi connectivity index (χ3n) is 1.85. The molecule has 3 heteroatoms. The fourth-order valence-electron chi connectivity index (χ4n) is 1.11. The minimum atomic E-state index is -0.281. The molecule has 0 aliphatic rings. The van der Waals surface area contributed by atoms with Gasteiger partial charge >= 0.3 is 0 Å². The molecule has 0 fully saturated rings. The molecule has 1 aromatic rings. The molecule has 0 bridgehead atoms. The van der Waals surface area contributed by atoms with Gasteiger partial charge in [-0.25, -0.2) is 4.39 Å². The normalized spacial score (nSPS) is 13.0. The van der Waals surface area contributed by atoms with E-state index in [9.17, 15) is 4.39 Å². The summed E-state index contributed by atoms with van der Waals surface area (Å²) in [5.74, 6) is -0.281. The number of hydrogen-bond acceptors (Lipinski definition) is 2. The van der Waals surface area contributed by atoms with E-state index in [0.29, 0.717) is 11.3 Å². The van der Waals surface area contributed by atoms with Gasteiger partial charge in [-0.05, 0) is 37.1 Å². The predicted octanol–water partition coefficient (Wildman–Crippen LogP) is 1.74. The van der Waals surface area contributed by atoms with Crippen molar-refractivity contribution >= 4 is 5.69 Å². The lowest BCUT2D eigenvalue weighted by Gasteiger charge is -2.10. The summed E-state index contributed by atoms with van der Waals surface area (Å²) in [7, 11) is 0. The first kappa shape index (κ1) is 9.00. The average molecular weight is 168 g/mol. The van der Waals surface area contributed by atoms with Crippen molar-refractivity contribution in [2.75, 3.05) is 5.73 Å². The smallest absolute Gasteiger partial charge is 0.128 e. The van der Waals surface area contributed by atoms with Gasteiger partial charge in [0.1, 0.15) is 5.82 Å². The van der Waals surface area contributed by atoms with Crippen LogP contribution in [0.4, 0.5) is 10.1 Å². The molecule has 0 radical (unpaired) electrons. The Balaban J connectivity index is 3.23. The van der Waals surface area contributed by atoms with Crippen LogP contribution in [-0.2, 0) is 0 Å². The molecule has 4 N–H and O–H groups in total. The largest absolute Gasteiger partial charge is 0.398 e. The Morgan fingerprint density at radius 1 is 1.42 bits per heavy atom. The summed E-state index contributed by atoms with van der Waals surface area (Å²) in [5, 5.41) is 0. The zero-order valence-electron chi connectivity index (χ0n) is 7.26. The molecule has 0 aliphatic heterocycles. The van der Waals surface area contributed by atoms with Crippen molar-refractivity contribution in [1.82, 2.24) is 0 Å². The molecule has 0 saturated carbocycles. The van der Waals surface area contributed by atoms with Gasteiger partial charge < -0.3 is 11.5 Å². The zero-order chi connectivity index (χ0) is 9.30. The minimum Gasteiger partial charge on any atom is -0.398 e. The van der Waals surface area contributed by atoms with Gasteiger partial charge in [-0.1, -0.05) is 0 Å². The van der Waals surface area contributed by atoms with E-state index in [1.165, 1.54) is 6.07 Å². The van der Waals surface area contributed by atoms with Gasteiger partial charge in [0.2, 0.25) is 0 Å². The maximum Gasteiger partial charge on any atom is 0.128 e. The first-order chi connectivity index (χ1) is 5.52. The predicted molar refractivity (Wildman–Crippen MR) is 48.2 cm³/mol. The van der Waals surface area contributed by atoms with Gasteiger partial charge in [-0.15, -0.1) is 0 Å². The second-order valence-corrected chi connectivity index (χ2v) is 3.02. The first-order valence-electron chi connectivity index (χ1n) is 3.83. The molecule has 0 amide bonds. The van der Waals surface area contributed by atoms with Crippen molar-refractivity contribution in [3.8, 4) is 0 Å². The molecule has 1 rings (SSSR count). The quantitative estimate of drug-likeness (QED) is 0.627. The minimum absolute atomic E-state index is 0.149. The maximum atomic E-state index is 12.9. The fraction of sp³-hybridized carbons (Fsp3) is 0.333. The van der Waals surface area contributed by atoms with Crippen LogP contribution in [0.1, 0.15) is 24.1 Å². The van der Waals surface area contributed by atoms with E-state index in [2.05, 4.69) is 0 Å². The molecule has 2 nitrogen and oxygen atoms in total. The van der Waals surface area contributed by atoms with E-state index in [1.54, 1.807) is 13.0 Å². The Morgan fingerprint density at radius 3 is 2.50 bits per heavy atom. The van der Waals surface area contributed by atoms with Crippen molar-refractivity contribution < 1.29 is 4.39 Å². The topological polar surface area (TPSA) is 52.0 Å². The summed E-state index contributed by atoms with van der Waals surface area (Å²) in [4.78, 5) is 0. The van der Waals surface area contributed by atoms with Gasteiger partial charge in [-0.2, -0.15) is 0 Å². The Bertz CT molecular complexity index is 295. The summed E-state index contributed by atoms with van der Waals surface area (Å²) >= 11 is 0. The number of halogens is 1. The van der Waals surface area contributed by atoms with E-state index in [0.717, 1.165) is 5.56 Å². The number of hydrogen-bond donors (Lipinski definition) is 2. The summed E-state index contributed by atoms with van der Waals surface area (Å²) in [6, 6.07) is 2.85. The highest BCUT2D eigenvalue weighted by molar-refractivity contribution is 5.50. The fourth-order valence-corrected chi connectivity index (χ4v) is 1.11. The summed E-state index contributed by atoms with van der Waals surface area (Å²) < 4.78 is 12.9. The zero-order valence-corrected chi connectivity index (χ0v) is 7.26. The standard InChI is InChI=1S/C9H13FN2/c1-5-3-7(6(2)11)9(12)4-8(5)10/h3-4,6H,11-12H2,1-2H3. The van der Waals surface area contributed by atoms with Crippen molar-refractivity contribution in [2.24, 2.45) is 5.73 Å². The van der Waals surface area contributed by atoms with Gasteiger partial charge in [0, 0.05) is 11.7 Å². The van der Waals surface area contributed by atoms with E-state index in [1.807, 2.05) is 6.92 Å². The number of nitrogens with two attached hydrogens (primary N) is 2. The SMILES string of the molecule is Cc1cc(C(C)N)c(N)cc1F. The lowest BCUT2D eigenvalue weighted by atomic mass is 10.0. The van der Waals surface area contributed by atoms with Crippen LogP contribution in [0.5, 0.6) is 0 Å². The lowest BCUT2D eigenvalue weighted by molar-refractivity contribution is 0.617. The van der Waals surface area contributed by atoms with E-state index >= 15 is 0 Å². The second kappa shape index (κ2) is 3.11. The molecule has 0 saturated heterocycles. The molecular weight excluding hydrogens is 155 g/mol. The van der Waals surface area contributed by atoms with Gasteiger partial charge in [0.15, 0.2) is 0 Å². The number of aryl methyl sites for hydroxylation is 1. The monoisotopic (exact) mass is 168 g/mol. The Morgan fingerprint density at radius 2 is 2.00 bits per heavy atom. The molecular formula is C9H13FN2. The highest BCUT2D eigenvalue weighted by Gasteiger charge is 2.07. The lowest BCUT2D eigenvalue weighted by Crippen LogP contribution is -2.09. The Hall–Kier alpha value is -1.09. The molecule has 0 heterocycles. The summed E-state index contributed by atoms with van der Waals surface area (Å²) in [6.45, 7) is 3.52. The van der Waals surface area contributed by atoms with Crippen molar-refractivity contribution in [3.63, 3.8) is 0 Å². The van der Waals surface area contributed by atoms with E-state index < -0.39 is 0 Å². The van der Waals surface area contributed by atoms with Gasteiger partial charge in [0.05, 0.1) is 0 Å². The van der Waals surface area contributed by atoms with Crippen molar-refractivity contribution in [2.45, 2.75) is 19.9 Å². The van der Waals surface area contributed by atoms with Crippen molar-refractivity contribution in [1.29, 1.82) is 0 Å². The molecule has 66 valence electrons. The van der Waals surface area contributed by atoms with Crippen LogP contribution < -0.4 is 11.5 Å².